The standard InChI is InChI=1S/C14H21N3O3/c1-13(2)5-7-14(18,8-6-13)10-16-12-11(17(19)20)4-3-9-15-12/h3-4,9,18H,5-8,10H2,1-2H3,(H,15,16). The first-order chi connectivity index (χ1) is 9.31. The fraction of sp³-hybridized carbons (Fsp3) is 0.643. The molecule has 0 amide bonds. The van der Waals surface area contributed by atoms with Crippen LogP contribution in [0.2, 0.25) is 0 Å². The monoisotopic (exact) mass is 279 g/mol. The Kier molecular flexibility index (Phi) is 3.94. The van der Waals surface area contributed by atoms with Crippen LogP contribution in [-0.2, 0) is 0 Å². The van der Waals surface area contributed by atoms with Gasteiger partial charge >= 0.3 is 5.69 Å². The third-order valence-corrected chi connectivity index (χ3v) is 4.10. The number of nitro groups is 1. The van der Waals surface area contributed by atoms with Crippen LogP contribution in [0.5, 0.6) is 0 Å². The van der Waals surface area contributed by atoms with Crippen molar-refractivity contribution in [3.8, 4) is 0 Å². The number of nitrogens with one attached hydrogen (secondary N) is 1. The predicted octanol–water partition coefficient (Wildman–Crippen LogP) is 2.73. The molecule has 0 aliphatic heterocycles. The van der Waals surface area contributed by atoms with Crippen LogP contribution in [0.3, 0.4) is 0 Å². The zero-order chi connectivity index (χ0) is 14.8. The summed E-state index contributed by atoms with van der Waals surface area (Å²) in [5.41, 5.74) is -0.600. The lowest BCUT2D eigenvalue weighted by Crippen LogP contribution is -2.42. The molecule has 2 N–H and O–H groups in total. The summed E-state index contributed by atoms with van der Waals surface area (Å²) < 4.78 is 0. The summed E-state index contributed by atoms with van der Waals surface area (Å²) in [5.74, 6) is 0.218. The number of aliphatic hydroxyl groups is 1. The smallest absolute Gasteiger partial charge is 0.311 e. The molecule has 6 heteroatoms. The van der Waals surface area contributed by atoms with Crippen LogP contribution in [0.4, 0.5) is 11.5 Å². The van der Waals surface area contributed by atoms with E-state index in [1.165, 1.54) is 18.3 Å². The van der Waals surface area contributed by atoms with E-state index in [4.69, 9.17) is 0 Å². The van der Waals surface area contributed by atoms with Gasteiger partial charge in [0, 0.05) is 18.8 Å². The van der Waals surface area contributed by atoms with Crippen LogP contribution >= 0.6 is 0 Å². The highest BCUT2D eigenvalue weighted by atomic mass is 16.6. The van der Waals surface area contributed by atoms with Crippen LogP contribution < -0.4 is 5.32 Å². The minimum Gasteiger partial charge on any atom is -0.388 e. The predicted molar refractivity (Wildman–Crippen MR) is 76.6 cm³/mol. The number of aromatic nitrogens is 1. The van der Waals surface area contributed by atoms with Crippen LogP contribution in [0.25, 0.3) is 0 Å². The Hall–Kier alpha value is -1.69. The molecule has 2 rings (SSSR count). The van der Waals surface area contributed by atoms with Crippen molar-refractivity contribution in [1.29, 1.82) is 0 Å². The van der Waals surface area contributed by atoms with Gasteiger partial charge in [0.25, 0.3) is 0 Å². The second kappa shape index (κ2) is 5.36. The molecular weight excluding hydrogens is 258 g/mol. The van der Waals surface area contributed by atoms with Crippen LogP contribution in [0.1, 0.15) is 39.5 Å². The maximum absolute atomic E-state index is 10.9. The van der Waals surface area contributed by atoms with Crippen molar-refractivity contribution in [2.75, 3.05) is 11.9 Å². The molecule has 1 aromatic heterocycles. The van der Waals surface area contributed by atoms with Gasteiger partial charge in [0.15, 0.2) is 0 Å². The zero-order valence-corrected chi connectivity index (χ0v) is 11.9. The molecule has 1 fully saturated rings. The molecule has 0 unspecified atom stereocenters. The Morgan fingerprint density at radius 2 is 2.05 bits per heavy atom. The molecule has 0 aromatic carbocycles. The zero-order valence-electron chi connectivity index (χ0n) is 11.9. The summed E-state index contributed by atoms with van der Waals surface area (Å²) in [5, 5.41) is 24.4. The Balaban J connectivity index is 2.01. The molecule has 1 aliphatic carbocycles. The third-order valence-electron chi connectivity index (χ3n) is 4.10. The van der Waals surface area contributed by atoms with Gasteiger partial charge in [-0.1, -0.05) is 13.8 Å². The number of nitrogens with zero attached hydrogens (tertiary/aromatic N) is 2. The van der Waals surface area contributed by atoms with Gasteiger partial charge in [-0.05, 0) is 37.2 Å². The van der Waals surface area contributed by atoms with E-state index in [-0.39, 0.29) is 16.9 Å². The van der Waals surface area contributed by atoms with Crippen LogP contribution in [-0.4, -0.2) is 27.2 Å². The number of hydrogen-bond acceptors (Lipinski definition) is 5. The second-order valence-electron chi connectivity index (χ2n) is 6.37. The van der Waals surface area contributed by atoms with Gasteiger partial charge in [0.1, 0.15) is 0 Å². The minimum atomic E-state index is -0.805. The Morgan fingerprint density at radius 1 is 1.40 bits per heavy atom. The lowest BCUT2D eigenvalue weighted by Gasteiger charge is -2.40. The van der Waals surface area contributed by atoms with Crippen molar-refractivity contribution < 1.29 is 10.0 Å². The van der Waals surface area contributed by atoms with E-state index in [1.54, 1.807) is 0 Å². The summed E-state index contributed by atoms with van der Waals surface area (Å²) in [6, 6.07) is 2.94. The second-order valence-corrected chi connectivity index (χ2v) is 6.37. The molecule has 0 spiro atoms. The van der Waals surface area contributed by atoms with Crippen molar-refractivity contribution in [1.82, 2.24) is 4.98 Å². The molecule has 0 bridgehead atoms. The Bertz CT molecular complexity index is 492. The normalized spacial score (nSPS) is 20.4. The van der Waals surface area contributed by atoms with E-state index in [2.05, 4.69) is 24.1 Å². The fourth-order valence-corrected chi connectivity index (χ4v) is 2.50. The van der Waals surface area contributed by atoms with Crippen molar-refractivity contribution in [3.63, 3.8) is 0 Å². The van der Waals surface area contributed by atoms with E-state index >= 15 is 0 Å². The summed E-state index contributed by atoms with van der Waals surface area (Å²) in [4.78, 5) is 14.4. The molecule has 1 saturated carbocycles. The maximum atomic E-state index is 10.9. The first-order valence-corrected chi connectivity index (χ1v) is 6.87. The summed E-state index contributed by atoms with van der Waals surface area (Å²) in [6.45, 7) is 4.69. The topological polar surface area (TPSA) is 88.3 Å². The largest absolute Gasteiger partial charge is 0.388 e. The van der Waals surface area contributed by atoms with Crippen molar-refractivity contribution in [3.05, 3.63) is 28.4 Å². The highest BCUT2D eigenvalue weighted by molar-refractivity contribution is 5.55. The van der Waals surface area contributed by atoms with Crippen LogP contribution in [0.15, 0.2) is 18.3 Å². The van der Waals surface area contributed by atoms with Gasteiger partial charge in [0.2, 0.25) is 5.82 Å². The maximum Gasteiger partial charge on any atom is 0.311 e. The van der Waals surface area contributed by atoms with E-state index in [1.807, 2.05) is 0 Å². The summed E-state index contributed by atoms with van der Waals surface area (Å²) in [6.07, 6.45) is 4.82. The molecule has 6 nitrogen and oxygen atoms in total. The molecule has 1 aliphatic rings. The highest BCUT2D eigenvalue weighted by Gasteiger charge is 2.36. The number of rotatable bonds is 4. The van der Waals surface area contributed by atoms with Gasteiger partial charge in [-0.2, -0.15) is 0 Å². The quantitative estimate of drug-likeness (QED) is 0.653. The van der Waals surface area contributed by atoms with E-state index < -0.39 is 10.5 Å². The lowest BCUT2D eigenvalue weighted by atomic mass is 9.71. The summed E-state index contributed by atoms with van der Waals surface area (Å²) in [7, 11) is 0. The molecule has 0 saturated heterocycles. The van der Waals surface area contributed by atoms with E-state index in [9.17, 15) is 15.2 Å². The Labute approximate surface area is 118 Å². The average Bonchev–Trinajstić information content (AvgIpc) is 2.41. The van der Waals surface area contributed by atoms with Gasteiger partial charge < -0.3 is 10.4 Å². The fourth-order valence-electron chi connectivity index (χ4n) is 2.50. The lowest BCUT2D eigenvalue weighted by molar-refractivity contribution is -0.384. The molecule has 1 heterocycles. The molecule has 110 valence electrons. The molecular formula is C14H21N3O3. The SMILES string of the molecule is CC1(C)CCC(O)(CNc2ncccc2[N+](=O)[O-])CC1. The number of pyridine rings is 1. The van der Waals surface area contributed by atoms with Crippen molar-refractivity contribution in [2.45, 2.75) is 45.1 Å². The van der Waals surface area contributed by atoms with Gasteiger partial charge in [0.05, 0.1) is 10.5 Å². The summed E-state index contributed by atoms with van der Waals surface area (Å²) >= 11 is 0. The van der Waals surface area contributed by atoms with Gasteiger partial charge in [-0.3, -0.25) is 10.1 Å². The van der Waals surface area contributed by atoms with E-state index in [0.717, 1.165) is 12.8 Å². The highest BCUT2D eigenvalue weighted by Crippen LogP contribution is 2.40. The minimum absolute atomic E-state index is 0.0627. The van der Waals surface area contributed by atoms with Crippen molar-refractivity contribution in [2.24, 2.45) is 5.41 Å². The van der Waals surface area contributed by atoms with E-state index in [0.29, 0.717) is 19.4 Å². The first-order valence-electron chi connectivity index (χ1n) is 6.87. The van der Waals surface area contributed by atoms with Gasteiger partial charge in [-0.15, -0.1) is 0 Å². The third kappa shape index (κ3) is 3.45. The molecule has 0 atom stereocenters. The molecule has 0 radical (unpaired) electrons. The number of anilines is 1. The number of hydrogen-bond donors (Lipinski definition) is 2. The molecule has 20 heavy (non-hydrogen) atoms. The van der Waals surface area contributed by atoms with Crippen molar-refractivity contribution >= 4 is 11.5 Å². The van der Waals surface area contributed by atoms with Gasteiger partial charge in [-0.25, -0.2) is 4.98 Å². The molecule has 1 aromatic rings. The first kappa shape index (κ1) is 14.7. The van der Waals surface area contributed by atoms with Crippen LogP contribution in [0, 0.1) is 15.5 Å². The Morgan fingerprint density at radius 3 is 2.65 bits per heavy atom. The average molecular weight is 279 g/mol.